The Morgan fingerprint density at radius 2 is 1.96 bits per heavy atom. The predicted molar refractivity (Wildman–Crippen MR) is 90.9 cm³/mol. The summed E-state index contributed by atoms with van der Waals surface area (Å²) in [4.78, 5) is 13.4. The number of hydrogen-bond donors (Lipinski definition) is 3. The standard InChI is InChI=1S/C18H28N2O3.ClH/c1-2-3-10-19-16-8-6-15(7-9-16)18(22)23-14-17(21)13-20-11-4-5-12-20;/h6-9,17,19,21H,2-5,10-14H2,1H3;1H. The van der Waals surface area contributed by atoms with Crippen LogP contribution in [0.5, 0.6) is 0 Å². The molecule has 6 heteroatoms. The van der Waals surface area contributed by atoms with Crippen LogP contribution in [-0.4, -0.2) is 50.0 Å². The van der Waals surface area contributed by atoms with Crippen LogP contribution in [0.4, 0.5) is 5.69 Å². The quantitative estimate of drug-likeness (QED) is 0.357. The molecule has 0 aliphatic carbocycles. The molecule has 1 aliphatic heterocycles. The molecular formula is C18H29ClN2O3. The van der Waals surface area contributed by atoms with Crippen LogP contribution in [-0.2, 0) is 4.74 Å². The van der Waals surface area contributed by atoms with Crippen molar-refractivity contribution in [2.75, 3.05) is 38.1 Å². The van der Waals surface area contributed by atoms with Crippen molar-refractivity contribution < 1.29 is 31.9 Å². The third-order valence-electron chi connectivity index (χ3n) is 4.22. The minimum Gasteiger partial charge on any atom is -1.00 e. The number of esters is 1. The van der Waals surface area contributed by atoms with Crippen LogP contribution in [0.25, 0.3) is 0 Å². The number of quaternary nitrogens is 1. The number of hydrogen-bond acceptors (Lipinski definition) is 4. The maximum atomic E-state index is 12.0. The summed E-state index contributed by atoms with van der Waals surface area (Å²) in [7, 11) is 0. The van der Waals surface area contributed by atoms with Gasteiger partial charge >= 0.3 is 5.97 Å². The van der Waals surface area contributed by atoms with Crippen molar-refractivity contribution in [3.8, 4) is 0 Å². The van der Waals surface area contributed by atoms with E-state index in [2.05, 4.69) is 12.2 Å². The molecular weight excluding hydrogens is 328 g/mol. The molecule has 0 bridgehead atoms. The van der Waals surface area contributed by atoms with E-state index in [4.69, 9.17) is 4.74 Å². The van der Waals surface area contributed by atoms with E-state index < -0.39 is 6.10 Å². The van der Waals surface area contributed by atoms with E-state index in [0.29, 0.717) is 12.1 Å². The van der Waals surface area contributed by atoms with Gasteiger partial charge in [-0.3, -0.25) is 0 Å². The number of likely N-dealkylation sites (tertiary alicyclic amines) is 1. The van der Waals surface area contributed by atoms with Crippen molar-refractivity contribution in [3.05, 3.63) is 29.8 Å². The second-order valence-corrected chi connectivity index (χ2v) is 6.27. The Morgan fingerprint density at radius 1 is 1.29 bits per heavy atom. The summed E-state index contributed by atoms with van der Waals surface area (Å²) >= 11 is 0. The van der Waals surface area contributed by atoms with Crippen LogP contribution >= 0.6 is 0 Å². The van der Waals surface area contributed by atoms with Crippen LogP contribution in [0.15, 0.2) is 24.3 Å². The molecule has 1 saturated heterocycles. The zero-order valence-corrected chi connectivity index (χ0v) is 15.1. The minimum atomic E-state index is -0.581. The topological polar surface area (TPSA) is 63.0 Å². The van der Waals surface area contributed by atoms with Gasteiger partial charge in [0.2, 0.25) is 0 Å². The number of carbonyl (C=O) groups excluding carboxylic acids is 1. The maximum Gasteiger partial charge on any atom is 0.338 e. The molecule has 0 aromatic heterocycles. The average Bonchev–Trinajstić information content (AvgIpc) is 3.06. The van der Waals surface area contributed by atoms with E-state index >= 15 is 0 Å². The molecule has 1 aromatic rings. The smallest absolute Gasteiger partial charge is 0.338 e. The van der Waals surface area contributed by atoms with Crippen LogP contribution in [0.2, 0.25) is 0 Å². The number of rotatable bonds is 9. The van der Waals surface area contributed by atoms with E-state index in [-0.39, 0.29) is 25.0 Å². The lowest BCUT2D eigenvalue weighted by Gasteiger charge is -2.16. The molecule has 0 spiro atoms. The Bertz CT molecular complexity index is 476. The van der Waals surface area contributed by atoms with Gasteiger partial charge in [-0.25, -0.2) is 4.79 Å². The van der Waals surface area contributed by atoms with Gasteiger partial charge < -0.3 is 32.5 Å². The summed E-state index contributed by atoms with van der Waals surface area (Å²) in [6.07, 6.45) is 4.14. The molecule has 5 nitrogen and oxygen atoms in total. The lowest BCUT2D eigenvalue weighted by Crippen LogP contribution is -3.11. The zero-order chi connectivity index (χ0) is 16.5. The van der Waals surface area contributed by atoms with Crippen LogP contribution < -0.4 is 22.6 Å². The highest BCUT2D eigenvalue weighted by molar-refractivity contribution is 5.89. The van der Waals surface area contributed by atoms with Gasteiger partial charge in [0.05, 0.1) is 18.7 Å². The third kappa shape index (κ3) is 7.07. The molecule has 0 amide bonds. The van der Waals surface area contributed by atoms with Gasteiger partial charge in [0.1, 0.15) is 19.3 Å². The Morgan fingerprint density at radius 3 is 2.58 bits per heavy atom. The first-order chi connectivity index (χ1) is 11.2. The highest BCUT2D eigenvalue weighted by Crippen LogP contribution is 2.11. The number of ether oxygens (including phenoxy) is 1. The number of anilines is 1. The Balaban J connectivity index is 0.00000288. The number of halogens is 1. The second-order valence-electron chi connectivity index (χ2n) is 6.27. The van der Waals surface area contributed by atoms with Crippen LogP contribution in [0.3, 0.4) is 0 Å². The minimum absolute atomic E-state index is 0. The van der Waals surface area contributed by atoms with E-state index in [1.807, 2.05) is 12.1 Å². The molecule has 1 heterocycles. The lowest BCUT2D eigenvalue weighted by atomic mass is 10.2. The number of aliphatic hydroxyl groups is 1. The predicted octanol–water partition coefficient (Wildman–Crippen LogP) is -1.90. The Kier molecular flexibility index (Phi) is 9.76. The molecule has 0 saturated carbocycles. The average molecular weight is 357 g/mol. The monoisotopic (exact) mass is 356 g/mol. The van der Waals surface area contributed by atoms with Crippen molar-refractivity contribution in [2.24, 2.45) is 0 Å². The van der Waals surface area contributed by atoms with Crippen molar-refractivity contribution in [2.45, 2.75) is 38.7 Å². The van der Waals surface area contributed by atoms with E-state index in [0.717, 1.165) is 38.2 Å². The van der Waals surface area contributed by atoms with E-state index in [9.17, 15) is 9.90 Å². The number of unbranched alkanes of at least 4 members (excludes halogenated alkanes) is 1. The van der Waals surface area contributed by atoms with E-state index in [1.54, 1.807) is 12.1 Å². The highest BCUT2D eigenvalue weighted by Gasteiger charge is 2.20. The normalized spacial score (nSPS) is 15.6. The van der Waals surface area contributed by atoms with Gasteiger partial charge in [0, 0.05) is 25.1 Å². The number of nitrogens with one attached hydrogen (secondary N) is 2. The first kappa shape index (κ1) is 20.7. The summed E-state index contributed by atoms with van der Waals surface area (Å²) in [6, 6.07) is 7.29. The first-order valence-corrected chi connectivity index (χ1v) is 8.71. The first-order valence-electron chi connectivity index (χ1n) is 8.71. The fraction of sp³-hybridized carbons (Fsp3) is 0.611. The molecule has 1 aliphatic rings. The summed E-state index contributed by atoms with van der Waals surface area (Å²) < 4.78 is 5.22. The molecule has 136 valence electrons. The van der Waals surface area contributed by atoms with Gasteiger partial charge in [0.25, 0.3) is 0 Å². The van der Waals surface area contributed by atoms with Crippen LogP contribution in [0, 0.1) is 0 Å². The fourth-order valence-corrected chi connectivity index (χ4v) is 2.86. The molecule has 1 fully saturated rings. The molecule has 0 radical (unpaired) electrons. The zero-order valence-electron chi connectivity index (χ0n) is 14.4. The number of benzene rings is 1. The summed E-state index contributed by atoms with van der Waals surface area (Å²) in [6.45, 7) is 6.03. The van der Waals surface area contributed by atoms with E-state index in [1.165, 1.54) is 17.7 Å². The maximum absolute atomic E-state index is 12.0. The summed E-state index contributed by atoms with van der Waals surface area (Å²) in [5.41, 5.74) is 1.53. The van der Waals surface area contributed by atoms with Crippen molar-refractivity contribution in [1.29, 1.82) is 0 Å². The molecule has 1 atom stereocenters. The molecule has 2 rings (SSSR count). The van der Waals surface area contributed by atoms with Crippen molar-refractivity contribution in [3.63, 3.8) is 0 Å². The summed E-state index contributed by atoms with van der Waals surface area (Å²) in [5, 5.41) is 13.3. The SMILES string of the molecule is CCCCNc1ccc(C(=O)OCC(O)C[NH+]2CCCC2)cc1.[Cl-]. The van der Waals surface area contributed by atoms with Crippen molar-refractivity contribution >= 4 is 11.7 Å². The van der Waals surface area contributed by atoms with Crippen LogP contribution in [0.1, 0.15) is 43.0 Å². The Labute approximate surface area is 150 Å². The largest absolute Gasteiger partial charge is 1.00 e. The molecule has 1 aromatic carbocycles. The second kappa shape index (κ2) is 11.3. The van der Waals surface area contributed by atoms with Gasteiger partial charge in [0.15, 0.2) is 0 Å². The van der Waals surface area contributed by atoms with Gasteiger partial charge in [-0.1, -0.05) is 13.3 Å². The van der Waals surface area contributed by atoms with Gasteiger partial charge in [-0.05, 0) is 30.7 Å². The lowest BCUT2D eigenvalue weighted by molar-refractivity contribution is -0.890. The Hall–Kier alpha value is -1.30. The van der Waals surface area contributed by atoms with Gasteiger partial charge in [-0.15, -0.1) is 0 Å². The molecule has 24 heavy (non-hydrogen) atoms. The molecule has 3 N–H and O–H groups in total. The third-order valence-corrected chi connectivity index (χ3v) is 4.22. The molecule has 1 unspecified atom stereocenters. The van der Waals surface area contributed by atoms with Crippen molar-refractivity contribution in [1.82, 2.24) is 0 Å². The highest BCUT2D eigenvalue weighted by atomic mass is 35.5. The summed E-state index contributed by atoms with van der Waals surface area (Å²) in [5.74, 6) is -0.374. The fourth-order valence-electron chi connectivity index (χ4n) is 2.86. The number of aliphatic hydroxyl groups excluding tert-OH is 1. The van der Waals surface area contributed by atoms with Gasteiger partial charge in [-0.2, -0.15) is 0 Å². The number of carbonyl (C=O) groups is 1.